The number of nitrogens with zero attached hydrogens (tertiary/aromatic N) is 1. The summed E-state index contributed by atoms with van der Waals surface area (Å²) in [6.07, 6.45) is 7.48. The number of Topliss-reactive ketones (excluding diaryl/α,β-unsaturated/α-hetero) is 1. The Hall–Kier alpha value is -1.82. The van der Waals surface area contributed by atoms with E-state index in [-0.39, 0.29) is 5.78 Å². The normalized spacial score (nSPS) is 13.5. The summed E-state index contributed by atoms with van der Waals surface area (Å²) in [5.74, 6) is 0.0270. The van der Waals surface area contributed by atoms with Gasteiger partial charge in [0, 0.05) is 0 Å². The van der Waals surface area contributed by atoms with Crippen molar-refractivity contribution >= 4 is 39.3 Å². The van der Waals surface area contributed by atoms with Crippen LogP contribution in [0.3, 0.4) is 0 Å². The number of hydrogen-bond acceptors (Lipinski definition) is 3. The molecule has 0 saturated heterocycles. The fourth-order valence-electron chi connectivity index (χ4n) is 5.05. The summed E-state index contributed by atoms with van der Waals surface area (Å²) in [4.78, 5) is 27.6. The molecule has 33 heavy (non-hydrogen) atoms. The standard InChI is InChI=1S/C16H12NO3.3C4H9.Sn/c1-20-12-8-6-11(7-9-12)10-17-14-5-3-2-4-13(14)15(18)16(17)19;3*1-3-4-2;/h3-9H,10H2,1H3;3*1,3-4H2,2H3;. The number of unbranched alkanes of at least 4 members (excludes halogenated alkanes) is 3. The van der Waals surface area contributed by atoms with Gasteiger partial charge in [-0.1, -0.05) is 0 Å². The number of ether oxygens (including phenoxy) is 1. The zero-order valence-corrected chi connectivity index (χ0v) is 23.6. The zero-order chi connectivity index (χ0) is 23.8. The van der Waals surface area contributed by atoms with Crippen LogP contribution < -0.4 is 13.2 Å². The molecule has 4 nitrogen and oxygen atoms in total. The van der Waals surface area contributed by atoms with Crippen molar-refractivity contribution in [2.75, 3.05) is 12.0 Å². The third-order valence-corrected chi connectivity index (χ3v) is 22.7. The van der Waals surface area contributed by atoms with E-state index in [1.807, 2.05) is 24.3 Å². The van der Waals surface area contributed by atoms with Crippen molar-refractivity contribution < 1.29 is 14.3 Å². The van der Waals surface area contributed by atoms with Crippen molar-refractivity contribution in [3.8, 4) is 5.75 Å². The molecule has 1 aliphatic rings. The minimum absolute atomic E-state index is 0.345. The molecule has 5 heteroatoms. The summed E-state index contributed by atoms with van der Waals surface area (Å²) in [5.41, 5.74) is 2.37. The van der Waals surface area contributed by atoms with Crippen LogP contribution >= 0.6 is 0 Å². The average molecular weight is 556 g/mol. The summed E-state index contributed by atoms with van der Waals surface area (Å²) in [7, 11) is 1.64. The van der Waals surface area contributed by atoms with E-state index in [9.17, 15) is 9.59 Å². The van der Waals surface area contributed by atoms with E-state index in [1.54, 1.807) is 12.0 Å². The van der Waals surface area contributed by atoms with Crippen LogP contribution in [0.2, 0.25) is 13.3 Å². The number of fused-ring (bicyclic) bond motifs is 1. The first-order chi connectivity index (χ1) is 16.0. The molecule has 1 amide bonds. The van der Waals surface area contributed by atoms with Gasteiger partial charge >= 0.3 is 204 Å². The number of carbonyl (C=O) groups is 2. The fraction of sp³-hybridized carbons (Fsp3) is 0.500. The van der Waals surface area contributed by atoms with Gasteiger partial charge in [-0.05, 0) is 0 Å². The number of benzene rings is 2. The molecule has 1 aliphatic heterocycles. The second-order valence-electron chi connectivity index (χ2n) is 9.39. The number of methoxy groups -OCH3 is 1. The predicted molar refractivity (Wildman–Crippen MR) is 139 cm³/mol. The first-order valence-corrected chi connectivity index (χ1v) is 20.1. The molecule has 178 valence electrons. The molecule has 0 saturated carbocycles. The van der Waals surface area contributed by atoms with Gasteiger partial charge in [-0.15, -0.1) is 0 Å². The number of ketones is 1. The summed E-state index contributed by atoms with van der Waals surface area (Å²) in [5, 5.41) is 0. The fourth-order valence-corrected chi connectivity index (χ4v) is 21.0. The van der Waals surface area contributed by atoms with Crippen molar-refractivity contribution in [2.24, 2.45) is 0 Å². The van der Waals surface area contributed by atoms with Crippen molar-refractivity contribution in [2.45, 2.75) is 79.2 Å². The molecule has 0 radical (unpaired) electrons. The maximum atomic E-state index is 13.0. The molecule has 0 aliphatic carbocycles. The monoisotopic (exact) mass is 557 g/mol. The zero-order valence-electron chi connectivity index (χ0n) is 20.8. The average Bonchev–Trinajstić information content (AvgIpc) is 3.08. The molecule has 0 unspecified atom stereocenters. The first-order valence-electron chi connectivity index (χ1n) is 12.6. The molecular formula is C28H39NO3Sn. The Morgan fingerprint density at radius 1 is 0.818 bits per heavy atom. The first kappa shape index (κ1) is 25.8. The summed E-state index contributed by atoms with van der Waals surface area (Å²) in [6, 6.07) is 14.2. The van der Waals surface area contributed by atoms with Gasteiger partial charge in [-0.25, -0.2) is 0 Å². The van der Waals surface area contributed by atoms with Crippen LogP contribution in [0.5, 0.6) is 5.75 Å². The third-order valence-electron chi connectivity index (χ3n) is 7.11. The van der Waals surface area contributed by atoms with Gasteiger partial charge in [0.2, 0.25) is 0 Å². The van der Waals surface area contributed by atoms with E-state index in [4.69, 9.17) is 4.74 Å². The van der Waals surface area contributed by atoms with Crippen molar-refractivity contribution in [3.63, 3.8) is 0 Å². The van der Waals surface area contributed by atoms with Gasteiger partial charge in [0.05, 0.1) is 0 Å². The van der Waals surface area contributed by atoms with E-state index in [0.717, 1.165) is 17.0 Å². The number of amides is 1. The summed E-state index contributed by atoms with van der Waals surface area (Å²) < 4.78 is 10.7. The molecule has 2 aromatic carbocycles. The van der Waals surface area contributed by atoms with Crippen LogP contribution in [0.25, 0.3) is 0 Å². The van der Waals surface area contributed by atoms with Crippen LogP contribution in [0.4, 0.5) is 5.69 Å². The molecule has 3 rings (SSSR count). The molecule has 0 N–H and O–H groups in total. The molecule has 0 spiro atoms. The van der Waals surface area contributed by atoms with Crippen LogP contribution in [-0.2, 0) is 11.3 Å². The Kier molecular flexibility index (Phi) is 9.42. The number of carbonyl (C=O) groups excluding carboxylic acids is 2. The van der Waals surface area contributed by atoms with Gasteiger partial charge in [0.15, 0.2) is 0 Å². The second kappa shape index (κ2) is 12.0. The Morgan fingerprint density at radius 2 is 1.39 bits per heavy atom. The number of hydrogen-bond donors (Lipinski definition) is 0. The van der Waals surface area contributed by atoms with E-state index in [2.05, 4.69) is 39.0 Å². The Balaban J connectivity index is 1.95. The van der Waals surface area contributed by atoms with E-state index >= 15 is 0 Å². The van der Waals surface area contributed by atoms with Crippen LogP contribution in [0.1, 0.15) is 75.2 Å². The van der Waals surface area contributed by atoms with E-state index in [0.29, 0.717) is 12.1 Å². The SMILES string of the molecule is CCC[CH2][Sn]([CH2]CCC)([CH2]CCC)[c]1ccc2c(c1)C(=O)C(=O)N2Cc1ccc(OC)cc1. The van der Waals surface area contributed by atoms with Crippen molar-refractivity contribution in [1.82, 2.24) is 0 Å². The van der Waals surface area contributed by atoms with Gasteiger partial charge in [0.25, 0.3) is 0 Å². The third kappa shape index (κ3) is 5.82. The molecule has 0 bridgehead atoms. The molecular weight excluding hydrogens is 517 g/mol. The molecule has 0 aromatic heterocycles. The topological polar surface area (TPSA) is 46.6 Å². The Bertz CT molecular complexity index is 932. The van der Waals surface area contributed by atoms with E-state index < -0.39 is 24.3 Å². The summed E-state index contributed by atoms with van der Waals surface area (Å²) in [6.45, 7) is 7.23. The number of rotatable bonds is 13. The summed E-state index contributed by atoms with van der Waals surface area (Å²) >= 11 is -2.66. The molecule has 2 aromatic rings. The van der Waals surface area contributed by atoms with Crippen LogP contribution in [0.15, 0.2) is 42.5 Å². The quantitative estimate of drug-likeness (QED) is 0.210. The van der Waals surface area contributed by atoms with E-state index in [1.165, 1.54) is 55.4 Å². The van der Waals surface area contributed by atoms with Gasteiger partial charge in [0.1, 0.15) is 0 Å². The Labute approximate surface area is 203 Å². The maximum absolute atomic E-state index is 13.0. The molecule has 0 atom stereocenters. The van der Waals surface area contributed by atoms with Gasteiger partial charge < -0.3 is 0 Å². The molecule has 1 heterocycles. The second-order valence-corrected chi connectivity index (χ2v) is 22.6. The number of anilines is 1. The van der Waals surface area contributed by atoms with Crippen molar-refractivity contribution in [3.05, 3.63) is 53.6 Å². The van der Waals surface area contributed by atoms with Crippen molar-refractivity contribution in [1.29, 1.82) is 0 Å². The molecule has 0 fully saturated rings. The van der Waals surface area contributed by atoms with Gasteiger partial charge in [-0.2, -0.15) is 0 Å². The van der Waals surface area contributed by atoms with Crippen LogP contribution in [0, 0.1) is 0 Å². The van der Waals surface area contributed by atoms with Crippen LogP contribution in [-0.4, -0.2) is 37.2 Å². The Morgan fingerprint density at radius 3 is 1.91 bits per heavy atom. The van der Waals surface area contributed by atoms with Gasteiger partial charge in [-0.3, -0.25) is 0 Å². The predicted octanol–water partition coefficient (Wildman–Crippen LogP) is 6.48. The minimum atomic E-state index is -2.66.